The Hall–Kier alpha value is -2.10. The van der Waals surface area contributed by atoms with Gasteiger partial charge in [-0.05, 0) is 42.3 Å². The van der Waals surface area contributed by atoms with Crippen LogP contribution in [-0.2, 0) is 10.0 Å². The van der Waals surface area contributed by atoms with Crippen LogP contribution in [0.4, 0.5) is 14.9 Å². The number of amides is 2. The Labute approximate surface area is 149 Å². The van der Waals surface area contributed by atoms with E-state index in [1.807, 2.05) is 0 Å². The fourth-order valence-corrected chi connectivity index (χ4v) is 4.25. The second kappa shape index (κ2) is 7.03. The highest BCUT2D eigenvalue weighted by Crippen LogP contribution is 2.37. The molecule has 1 heterocycles. The van der Waals surface area contributed by atoms with E-state index in [0.717, 1.165) is 5.56 Å². The molecule has 1 aliphatic rings. The fourth-order valence-electron chi connectivity index (χ4n) is 2.59. The number of hydrogen-bond acceptors (Lipinski definition) is 4. The molecule has 4 N–H and O–H groups in total. The van der Waals surface area contributed by atoms with Crippen molar-refractivity contribution in [3.63, 3.8) is 0 Å². The normalized spacial score (nSPS) is 16.8. The maximum Gasteiger partial charge on any atom is 0.319 e. The molecule has 6 nitrogen and oxygen atoms in total. The third-order valence-electron chi connectivity index (χ3n) is 3.77. The minimum Gasteiger partial charge on any atom is -0.331 e. The minimum atomic E-state index is -3.77. The van der Waals surface area contributed by atoms with E-state index in [1.54, 1.807) is 12.1 Å². The van der Waals surface area contributed by atoms with Crippen molar-refractivity contribution >= 4 is 33.5 Å². The standard InChI is InChI=1S/C16H16FN3O3S2/c17-13-3-1-2-12-14(8-9-24-15(12)13)20-16(21)19-10-4-6-11(7-5-10)25(18,22)23/h1-7,14H,8-9H2,(H2,18,22,23)(H2,19,20,21)/t14-/m0/s1. The quantitative estimate of drug-likeness (QED) is 0.761. The van der Waals surface area contributed by atoms with Crippen LogP contribution in [0.5, 0.6) is 0 Å². The third kappa shape index (κ3) is 4.12. The lowest BCUT2D eigenvalue weighted by Crippen LogP contribution is -2.34. The van der Waals surface area contributed by atoms with Gasteiger partial charge < -0.3 is 10.6 Å². The summed E-state index contributed by atoms with van der Waals surface area (Å²) in [6.07, 6.45) is 0.693. The number of sulfonamides is 1. The summed E-state index contributed by atoms with van der Waals surface area (Å²) in [5.41, 5.74) is 1.19. The number of carbonyl (C=O) groups is 1. The molecule has 0 bridgehead atoms. The molecule has 2 aromatic rings. The van der Waals surface area contributed by atoms with Crippen molar-refractivity contribution in [1.82, 2.24) is 5.32 Å². The van der Waals surface area contributed by atoms with E-state index in [1.165, 1.54) is 42.1 Å². The Morgan fingerprint density at radius 2 is 1.92 bits per heavy atom. The van der Waals surface area contributed by atoms with Gasteiger partial charge in [0.2, 0.25) is 10.0 Å². The number of rotatable bonds is 3. The van der Waals surface area contributed by atoms with E-state index in [-0.39, 0.29) is 16.8 Å². The largest absolute Gasteiger partial charge is 0.331 e. The first-order chi connectivity index (χ1) is 11.8. The summed E-state index contributed by atoms with van der Waals surface area (Å²) in [6.45, 7) is 0. The first-order valence-corrected chi connectivity index (χ1v) is 9.99. The summed E-state index contributed by atoms with van der Waals surface area (Å²) in [5, 5.41) is 10.5. The number of carbonyl (C=O) groups excluding carboxylic acids is 1. The average molecular weight is 381 g/mol. The zero-order chi connectivity index (χ0) is 18.0. The molecule has 0 spiro atoms. The summed E-state index contributed by atoms with van der Waals surface area (Å²) in [6, 6.07) is 9.62. The molecule has 2 aromatic carbocycles. The molecular weight excluding hydrogens is 365 g/mol. The Kier molecular flexibility index (Phi) is 4.98. The van der Waals surface area contributed by atoms with Gasteiger partial charge >= 0.3 is 6.03 Å². The predicted octanol–water partition coefficient (Wildman–Crippen LogP) is 2.83. The van der Waals surface area contributed by atoms with Crippen molar-refractivity contribution in [2.45, 2.75) is 22.3 Å². The van der Waals surface area contributed by atoms with Crippen LogP contribution >= 0.6 is 11.8 Å². The Bertz CT molecular complexity index is 901. The SMILES string of the molecule is NS(=O)(=O)c1ccc(NC(=O)N[C@H]2CCSc3c(F)cccc32)cc1. The molecule has 0 unspecified atom stereocenters. The van der Waals surface area contributed by atoms with E-state index < -0.39 is 16.1 Å². The number of primary sulfonamides is 1. The smallest absolute Gasteiger partial charge is 0.319 e. The second-order valence-corrected chi connectivity index (χ2v) is 8.18. The molecule has 0 aliphatic carbocycles. The zero-order valence-corrected chi connectivity index (χ0v) is 14.7. The van der Waals surface area contributed by atoms with Crippen LogP contribution in [-0.4, -0.2) is 20.2 Å². The van der Waals surface area contributed by atoms with E-state index in [2.05, 4.69) is 10.6 Å². The topological polar surface area (TPSA) is 101 Å². The van der Waals surface area contributed by atoms with E-state index in [0.29, 0.717) is 22.8 Å². The lowest BCUT2D eigenvalue weighted by Gasteiger charge is -2.26. The Balaban J connectivity index is 1.69. The van der Waals surface area contributed by atoms with E-state index >= 15 is 0 Å². The predicted molar refractivity (Wildman–Crippen MR) is 94.5 cm³/mol. The van der Waals surface area contributed by atoms with Gasteiger partial charge in [0.05, 0.1) is 10.9 Å². The number of hydrogen-bond donors (Lipinski definition) is 3. The molecule has 132 valence electrons. The maximum atomic E-state index is 13.9. The van der Waals surface area contributed by atoms with Crippen LogP contribution in [0.25, 0.3) is 0 Å². The zero-order valence-electron chi connectivity index (χ0n) is 13.0. The number of nitrogens with two attached hydrogens (primary N) is 1. The van der Waals surface area contributed by atoms with Crippen molar-refractivity contribution in [2.24, 2.45) is 5.14 Å². The average Bonchev–Trinajstić information content (AvgIpc) is 2.55. The lowest BCUT2D eigenvalue weighted by atomic mass is 10.0. The molecule has 25 heavy (non-hydrogen) atoms. The molecule has 0 aromatic heterocycles. The van der Waals surface area contributed by atoms with Crippen LogP contribution in [0.2, 0.25) is 0 Å². The second-order valence-electron chi connectivity index (χ2n) is 5.52. The molecule has 1 aliphatic heterocycles. The Morgan fingerprint density at radius 3 is 2.60 bits per heavy atom. The minimum absolute atomic E-state index is 0.0350. The molecule has 3 rings (SSSR count). The molecule has 9 heteroatoms. The molecule has 0 saturated carbocycles. The molecule has 0 saturated heterocycles. The summed E-state index contributed by atoms with van der Waals surface area (Å²) >= 11 is 1.44. The van der Waals surface area contributed by atoms with Crippen LogP contribution in [0.15, 0.2) is 52.3 Å². The number of fused-ring (bicyclic) bond motifs is 1. The van der Waals surface area contributed by atoms with Crippen LogP contribution < -0.4 is 15.8 Å². The van der Waals surface area contributed by atoms with Gasteiger partial charge in [0.25, 0.3) is 0 Å². The number of anilines is 1. The molecular formula is C16H16FN3O3S2. The summed E-state index contributed by atoms with van der Waals surface area (Å²) < 4.78 is 36.3. The van der Waals surface area contributed by atoms with Gasteiger partial charge in [-0.25, -0.2) is 22.7 Å². The Morgan fingerprint density at radius 1 is 1.20 bits per heavy atom. The first-order valence-electron chi connectivity index (χ1n) is 7.46. The van der Waals surface area contributed by atoms with Crippen LogP contribution in [0, 0.1) is 5.82 Å². The highest BCUT2D eigenvalue weighted by Gasteiger charge is 2.24. The van der Waals surface area contributed by atoms with Crippen molar-refractivity contribution in [2.75, 3.05) is 11.1 Å². The van der Waals surface area contributed by atoms with E-state index in [4.69, 9.17) is 5.14 Å². The summed E-state index contributed by atoms with van der Waals surface area (Å²) in [4.78, 5) is 12.7. The van der Waals surface area contributed by atoms with Gasteiger partial charge in [0, 0.05) is 16.3 Å². The third-order valence-corrected chi connectivity index (χ3v) is 5.86. The number of benzene rings is 2. The summed E-state index contributed by atoms with van der Waals surface area (Å²) in [5.74, 6) is 0.426. The van der Waals surface area contributed by atoms with Gasteiger partial charge in [0.15, 0.2) is 0 Å². The molecule has 2 amide bonds. The van der Waals surface area contributed by atoms with Gasteiger partial charge in [-0.2, -0.15) is 0 Å². The molecule has 1 atom stereocenters. The number of halogens is 1. The van der Waals surface area contributed by atoms with Crippen molar-refractivity contribution < 1.29 is 17.6 Å². The summed E-state index contributed by atoms with van der Waals surface area (Å²) in [7, 11) is -3.77. The number of nitrogens with one attached hydrogen (secondary N) is 2. The maximum absolute atomic E-state index is 13.9. The number of thioether (sulfide) groups is 1. The fraction of sp³-hybridized carbons (Fsp3) is 0.188. The lowest BCUT2D eigenvalue weighted by molar-refractivity contribution is 0.248. The molecule has 0 radical (unpaired) electrons. The highest BCUT2D eigenvalue weighted by molar-refractivity contribution is 7.99. The van der Waals surface area contributed by atoms with Gasteiger partial charge in [-0.15, -0.1) is 11.8 Å². The molecule has 0 fully saturated rings. The van der Waals surface area contributed by atoms with Gasteiger partial charge in [0.1, 0.15) is 5.82 Å². The van der Waals surface area contributed by atoms with Crippen LogP contribution in [0.3, 0.4) is 0 Å². The van der Waals surface area contributed by atoms with Gasteiger partial charge in [-0.3, -0.25) is 0 Å². The highest BCUT2D eigenvalue weighted by atomic mass is 32.2. The first kappa shape index (κ1) is 17.7. The number of urea groups is 1. The van der Waals surface area contributed by atoms with E-state index in [9.17, 15) is 17.6 Å². The van der Waals surface area contributed by atoms with Crippen molar-refractivity contribution in [3.05, 3.63) is 53.8 Å². The van der Waals surface area contributed by atoms with Crippen molar-refractivity contribution in [3.8, 4) is 0 Å². The van der Waals surface area contributed by atoms with Crippen LogP contribution in [0.1, 0.15) is 18.0 Å². The monoisotopic (exact) mass is 381 g/mol. The van der Waals surface area contributed by atoms with Gasteiger partial charge in [-0.1, -0.05) is 12.1 Å². The van der Waals surface area contributed by atoms with Crippen molar-refractivity contribution in [1.29, 1.82) is 0 Å².